The molecule has 1 aromatic heterocycles. The highest BCUT2D eigenvalue weighted by atomic mass is 16.5. The zero-order chi connectivity index (χ0) is 21.8. The van der Waals surface area contributed by atoms with Crippen LogP contribution in [-0.4, -0.2) is 28.8 Å². The highest BCUT2D eigenvalue weighted by molar-refractivity contribution is 6.04. The number of ether oxygens (including phenoxy) is 1. The van der Waals surface area contributed by atoms with E-state index in [1.807, 2.05) is 56.6 Å². The van der Waals surface area contributed by atoms with Crippen LogP contribution in [-0.2, 0) is 16.0 Å². The van der Waals surface area contributed by atoms with Crippen LogP contribution in [0.15, 0.2) is 42.5 Å². The summed E-state index contributed by atoms with van der Waals surface area (Å²) in [5, 5.41) is 7.56. The van der Waals surface area contributed by atoms with E-state index in [0.717, 1.165) is 39.5 Å². The number of carbonyl (C=O) groups is 2. The van der Waals surface area contributed by atoms with Crippen molar-refractivity contribution in [1.29, 1.82) is 0 Å². The summed E-state index contributed by atoms with van der Waals surface area (Å²) in [4.78, 5) is 24.1. The zero-order valence-corrected chi connectivity index (χ0v) is 18.1. The number of carbonyl (C=O) groups excluding carboxylic acids is 2. The fourth-order valence-electron chi connectivity index (χ4n) is 3.62. The van der Waals surface area contributed by atoms with Gasteiger partial charge < -0.3 is 10.1 Å². The van der Waals surface area contributed by atoms with Crippen LogP contribution in [0.3, 0.4) is 0 Å². The fraction of sp³-hybridized carbons (Fsp3) is 0.292. The van der Waals surface area contributed by atoms with Crippen molar-refractivity contribution in [3.63, 3.8) is 0 Å². The topological polar surface area (TPSA) is 73.2 Å². The predicted octanol–water partition coefficient (Wildman–Crippen LogP) is 4.46. The summed E-state index contributed by atoms with van der Waals surface area (Å²) in [6, 6.07) is 13.3. The normalized spacial score (nSPS) is 10.7. The molecule has 0 aliphatic heterocycles. The molecule has 3 aromatic rings. The molecule has 1 heterocycles. The summed E-state index contributed by atoms with van der Waals surface area (Å²) in [5.41, 5.74) is 7.33. The number of methoxy groups -OCH3 is 1. The lowest BCUT2D eigenvalue weighted by molar-refractivity contribution is -0.140. The summed E-state index contributed by atoms with van der Waals surface area (Å²) in [6.45, 7) is 7.92. The molecule has 2 aromatic carbocycles. The summed E-state index contributed by atoms with van der Waals surface area (Å²) < 4.78 is 6.57. The van der Waals surface area contributed by atoms with Crippen LogP contribution < -0.4 is 5.32 Å². The first-order valence-corrected chi connectivity index (χ1v) is 9.90. The molecule has 0 aliphatic carbocycles. The lowest BCUT2D eigenvalue weighted by Crippen LogP contribution is -2.12. The lowest BCUT2D eigenvalue weighted by atomic mass is 10.1. The summed E-state index contributed by atoms with van der Waals surface area (Å²) in [5.74, 6) is -0.389. The van der Waals surface area contributed by atoms with E-state index < -0.39 is 0 Å². The molecule has 3 rings (SSSR count). The van der Waals surface area contributed by atoms with Crippen LogP contribution in [0.25, 0.3) is 5.69 Å². The molecule has 0 saturated heterocycles. The van der Waals surface area contributed by atoms with Gasteiger partial charge in [-0.3, -0.25) is 9.59 Å². The van der Waals surface area contributed by atoms with E-state index in [0.29, 0.717) is 18.4 Å². The molecule has 1 amide bonds. The van der Waals surface area contributed by atoms with Crippen molar-refractivity contribution in [1.82, 2.24) is 9.78 Å². The van der Waals surface area contributed by atoms with Crippen molar-refractivity contribution in [3.05, 3.63) is 76.1 Å². The molecular formula is C24H27N3O3. The predicted molar refractivity (Wildman–Crippen MR) is 117 cm³/mol. The highest BCUT2D eigenvalue weighted by Crippen LogP contribution is 2.21. The van der Waals surface area contributed by atoms with Crippen LogP contribution in [0.1, 0.15) is 44.9 Å². The number of nitrogens with zero attached hydrogens (tertiary/aromatic N) is 2. The minimum Gasteiger partial charge on any atom is -0.469 e. The van der Waals surface area contributed by atoms with Gasteiger partial charge in [0.2, 0.25) is 0 Å². The number of hydrogen-bond donors (Lipinski definition) is 1. The second-order valence-corrected chi connectivity index (χ2v) is 7.51. The molecular weight excluding hydrogens is 378 g/mol. The van der Waals surface area contributed by atoms with Crippen LogP contribution in [0.2, 0.25) is 0 Å². The monoisotopic (exact) mass is 405 g/mol. The number of aromatic nitrogens is 2. The second kappa shape index (κ2) is 8.95. The Labute approximate surface area is 176 Å². The lowest BCUT2D eigenvalue weighted by Gasteiger charge is -2.09. The van der Waals surface area contributed by atoms with Gasteiger partial charge in [-0.15, -0.1) is 0 Å². The van der Waals surface area contributed by atoms with Gasteiger partial charge in [0, 0.05) is 23.4 Å². The average molecular weight is 405 g/mol. The van der Waals surface area contributed by atoms with Crippen molar-refractivity contribution in [2.75, 3.05) is 12.4 Å². The number of esters is 1. The number of hydrogen-bond acceptors (Lipinski definition) is 4. The van der Waals surface area contributed by atoms with Crippen molar-refractivity contribution in [2.45, 2.75) is 40.5 Å². The van der Waals surface area contributed by atoms with Gasteiger partial charge in [-0.1, -0.05) is 6.07 Å². The third-order valence-corrected chi connectivity index (χ3v) is 5.10. The van der Waals surface area contributed by atoms with Gasteiger partial charge in [-0.2, -0.15) is 5.10 Å². The van der Waals surface area contributed by atoms with Crippen LogP contribution in [0, 0.1) is 27.7 Å². The molecule has 30 heavy (non-hydrogen) atoms. The van der Waals surface area contributed by atoms with Gasteiger partial charge in [-0.05, 0) is 87.2 Å². The molecule has 1 N–H and O–H groups in total. The van der Waals surface area contributed by atoms with Gasteiger partial charge >= 0.3 is 5.97 Å². The minimum absolute atomic E-state index is 0.154. The molecule has 0 atom stereocenters. The first-order chi connectivity index (χ1) is 14.3. The van der Waals surface area contributed by atoms with Gasteiger partial charge in [0.15, 0.2) is 0 Å². The van der Waals surface area contributed by atoms with E-state index in [1.165, 1.54) is 7.11 Å². The first-order valence-electron chi connectivity index (χ1n) is 9.90. The maximum absolute atomic E-state index is 12.6. The molecule has 0 spiro atoms. The third kappa shape index (κ3) is 4.76. The molecule has 0 aliphatic rings. The number of benzene rings is 2. The Bertz CT molecular complexity index is 1060. The number of nitrogens with one attached hydrogen (secondary N) is 1. The van der Waals surface area contributed by atoms with Crippen molar-refractivity contribution < 1.29 is 14.3 Å². The summed E-state index contributed by atoms with van der Waals surface area (Å²) in [7, 11) is 1.39. The Balaban J connectivity index is 1.77. The maximum atomic E-state index is 12.6. The average Bonchev–Trinajstić information content (AvgIpc) is 2.99. The van der Waals surface area contributed by atoms with Crippen molar-refractivity contribution in [2.24, 2.45) is 0 Å². The smallest absolute Gasteiger partial charge is 0.305 e. The quantitative estimate of drug-likeness (QED) is 0.615. The molecule has 0 saturated carbocycles. The van der Waals surface area contributed by atoms with E-state index in [1.54, 1.807) is 12.1 Å². The van der Waals surface area contributed by atoms with Crippen LogP contribution >= 0.6 is 0 Å². The van der Waals surface area contributed by atoms with Crippen molar-refractivity contribution in [3.8, 4) is 5.69 Å². The highest BCUT2D eigenvalue weighted by Gasteiger charge is 2.15. The van der Waals surface area contributed by atoms with E-state index in [4.69, 9.17) is 4.74 Å². The maximum Gasteiger partial charge on any atom is 0.305 e. The Morgan fingerprint density at radius 1 is 1.00 bits per heavy atom. The molecule has 0 fully saturated rings. The number of rotatable bonds is 6. The third-order valence-electron chi connectivity index (χ3n) is 5.10. The molecule has 156 valence electrons. The van der Waals surface area contributed by atoms with Gasteiger partial charge in [0.05, 0.1) is 18.5 Å². The SMILES string of the molecule is COC(=O)CCc1c(C)nn(-c2ccc(C(=O)Nc3cc(C)cc(C)c3)cc2)c1C. The molecule has 0 unspecified atom stereocenters. The standard InChI is InChI=1S/C24H27N3O3/c1-15-12-16(2)14-20(13-15)25-24(29)19-6-8-21(9-7-19)27-18(4)22(17(3)26-27)10-11-23(28)30-5/h6-9,12-14H,10-11H2,1-5H3,(H,25,29). The van der Waals surface area contributed by atoms with Gasteiger partial charge in [0.25, 0.3) is 5.91 Å². The Morgan fingerprint density at radius 2 is 1.63 bits per heavy atom. The second-order valence-electron chi connectivity index (χ2n) is 7.51. The molecule has 6 nitrogen and oxygen atoms in total. The van der Waals surface area contributed by atoms with Crippen molar-refractivity contribution >= 4 is 17.6 Å². The molecule has 0 bridgehead atoms. The molecule has 0 radical (unpaired) electrons. The summed E-state index contributed by atoms with van der Waals surface area (Å²) in [6.07, 6.45) is 0.905. The van der Waals surface area contributed by atoms with Crippen LogP contribution in [0.4, 0.5) is 5.69 Å². The Hall–Kier alpha value is -3.41. The fourth-order valence-corrected chi connectivity index (χ4v) is 3.62. The largest absolute Gasteiger partial charge is 0.469 e. The zero-order valence-electron chi connectivity index (χ0n) is 18.1. The number of anilines is 1. The molecule has 6 heteroatoms. The van der Waals surface area contributed by atoms with E-state index in [2.05, 4.69) is 16.5 Å². The van der Waals surface area contributed by atoms with E-state index in [9.17, 15) is 9.59 Å². The summed E-state index contributed by atoms with van der Waals surface area (Å²) >= 11 is 0. The first kappa shape index (κ1) is 21.3. The van der Waals surface area contributed by atoms with E-state index >= 15 is 0 Å². The van der Waals surface area contributed by atoms with Crippen LogP contribution in [0.5, 0.6) is 0 Å². The number of amides is 1. The Morgan fingerprint density at radius 3 is 2.23 bits per heavy atom. The van der Waals surface area contributed by atoms with E-state index in [-0.39, 0.29) is 11.9 Å². The Kier molecular flexibility index (Phi) is 6.35. The minimum atomic E-state index is -0.235. The van der Waals surface area contributed by atoms with Gasteiger partial charge in [-0.25, -0.2) is 4.68 Å². The number of aryl methyl sites for hydroxylation is 3. The van der Waals surface area contributed by atoms with Gasteiger partial charge in [0.1, 0.15) is 0 Å².